The Morgan fingerprint density at radius 3 is 2.43 bits per heavy atom. The van der Waals surface area contributed by atoms with Gasteiger partial charge in [0.25, 0.3) is 5.91 Å². The van der Waals surface area contributed by atoms with E-state index in [1.807, 2.05) is 42.5 Å². The number of carbonyl (C=O) groups is 2. The number of amides is 2. The van der Waals surface area contributed by atoms with Gasteiger partial charge < -0.3 is 29.7 Å². The van der Waals surface area contributed by atoms with Crippen LogP contribution in [0.5, 0.6) is 11.5 Å². The number of ether oxygens (including phenoxy) is 3. The minimum absolute atomic E-state index is 0.160. The normalized spacial score (nSPS) is 14.5. The van der Waals surface area contributed by atoms with Crippen molar-refractivity contribution in [2.75, 3.05) is 54.4 Å². The van der Waals surface area contributed by atoms with E-state index in [0.29, 0.717) is 28.4 Å². The maximum atomic E-state index is 13.0. The van der Waals surface area contributed by atoms with Gasteiger partial charge in [0.15, 0.2) is 11.5 Å². The largest absolute Gasteiger partial charge is 0.454 e. The second-order valence-electron chi connectivity index (χ2n) is 8.00. The average molecular weight is 492 g/mol. The molecule has 0 bridgehead atoms. The molecule has 2 N–H and O–H groups in total. The summed E-state index contributed by atoms with van der Waals surface area (Å²) in [6.07, 6.45) is 0. The summed E-state index contributed by atoms with van der Waals surface area (Å²) in [6, 6.07) is 20.3. The number of hydrogen-bond donors (Lipinski definition) is 2. The lowest BCUT2D eigenvalue weighted by molar-refractivity contribution is -0.113. The van der Waals surface area contributed by atoms with Crippen molar-refractivity contribution in [3.05, 3.63) is 72.3 Å². The van der Waals surface area contributed by atoms with Crippen molar-refractivity contribution in [1.29, 1.82) is 0 Å². The summed E-state index contributed by atoms with van der Waals surface area (Å²) in [4.78, 5) is 28.5. The number of anilines is 3. The molecule has 2 aliphatic heterocycles. The van der Waals surface area contributed by atoms with Gasteiger partial charge in [-0.3, -0.25) is 9.59 Å². The van der Waals surface area contributed by atoms with E-state index in [1.165, 1.54) is 11.8 Å². The van der Waals surface area contributed by atoms with Crippen LogP contribution in [-0.4, -0.2) is 50.7 Å². The molecule has 0 unspecified atom stereocenters. The van der Waals surface area contributed by atoms with Gasteiger partial charge in [0.2, 0.25) is 12.7 Å². The van der Waals surface area contributed by atoms with Crippen LogP contribution < -0.4 is 25.0 Å². The summed E-state index contributed by atoms with van der Waals surface area (Å²) in [5.41, 5.74) is 2.97. The van der Waals surface area contributed by atoms with E-state index in [-0.39, 0.29) is 24.4 Å². The van der Waals surface area contributed by atoms with Crippen LogP contribution in [0.3, 0.4) is 0 Å². The van der Waals surface area contributed by atoms with Crippen LogP contribution in [0.1, 0.15) is 10.4 Å². The number of hydrogen-bond acceptors (Lipinski definition) is 7. The van der Waals surface area contributed by atoms with Gasteiger partial charge in [-0.2, -0.15) is 0 Å². The Bertz CT molecular complexity index is 1210. The predicted octanol–water partition coefficient (Wildman–Crippen LogP) is 4.24. The Labute approximate surface area is 207 Å². The van der Waals surface area contributed by atoms with Crippen molar-refractivity contribution < 1.29 is 23.8 Å². The summed E-state index contributed by atoms with van der Waals surface area (Å²) in [5.74, 6) is 1.03. The first-order valence-corrected chi connectivity index (χ1v) is 12.3. The fraction of sp³-hybridized carbons (Fsp3) is 0.231. The van der Waals surface area contributed by atoms with Gasteiger partial charge in [0, 0.05) is 41.1 Å². The Balaban J connectivity index is 1.18. The molecule has 0 radical (unpaired) electrons. The number of morpholine rings is 1. The van der Waals surface area contributed by atoms with Gasteiger partial charge in [-0.1, -0.05) is 12.1 Å². The summed E-state index contributed by atoms with van der Waals surface area (Å²) in [7, 11) is 0. The van der Waals surface area contributed by atoms with E-state index in [2.05, 4.69) is 15.5 Å². The van der Waals surface area contributed by atoms with Crippen LogP contribution in [0.15, 0.2) is 71.6 Å². The zero-order valence-corrected chi connectivity index (χ0v) is 19.8. The second-order valence-corrected chi connectivity index (χ2v) is 9.02. The first kappa shape index (κ1) is 23.1. The highest BCUT2D eigenvalue weighted by Gasteiger charge is 2.16. The molecule has 3 aromatic carbocycles. The molecule has 180 valence electrons. The van der Waals surface area contributed by atoms with Crippen LogP contribution in [-0.2, 0) is 9.53 Å². The molecule has 35 heavy (non-hydrogen) atoms. The number of benzene rings is 3. The fourth-order valence-corrected chi connectivity index (χ4v) is 4.72. The maximum Gasteiger partial charge on any atom is 0.256 e. The van der Waals surface area contributed by atoms with Crippen molar-refractivity contribution in [2.24, 2.45) is 0 Å². The quantitative estimate of drug-likeness (QED) is 0.478. The van der Waals surface area contributed by atoms with Crippen LogP contribution in [0.4, 0.5) is 17.1 Å². The number of thioether (sulfide) groups is 1. The molecule has 1 saturated heterocycles. The summed E-state index contributed by atoms with van der Waals surface area (Å²) in [6.45, 7) is 3.35. The van der Waals surface area contributed by atoms with E-state index >= 15 is 0 Å². The molecule has 0 saturated carbocycles. The number of nitrogens with one attached hydrogen (secondary N) is 2. The summed E-state index contributed by atoms with van der Waals surface area (Å²) < 4.78 is 16.0. The molecule has 0 aliphatic carbocycles. The number of carbonyl (C=O) groups excluding carboxylic acids is 2. The molecule has 5 rings (SSSR count). The Hall–Kier alpha value is -3.69. The highest BCUT2D eigenvalue weighted by atomic mass is 32.2. The van der Waals surface area contributed by atoms with Crippen molar-refractivity contribution in [1.82, 2.24) is 0 Å². The Morgan fingerprint density at radius 1 is 0.857 bits per heavy atom. The van der Waals surface area contributed by atoms with Crippen molar-refractivity contribution in [2.45, 2.75) is 4.90 Å². The average Bonchev–Trinajstić information content (AvgIpc) is 3.37. The lowest BCUT2D eigenvalue weighted by Gasteiger charge is -2.28. The molecule has 2 amide bonds. The Kier molecular flexibility index (Phi) is 7.06. The minimum Gasteiger partial charge on any atom is -0.454 e. The molecular weight excluding hydrogens is 466 g/mol. The van der Waals surface area contributed by atoms with Gasteiger partial charge in [0.1, 0.15) is 0 Å². The standard InChI is InChI=1S/C26H25N3O5S/c30-25(27-19-7-10-22-23(15-19)34-17-33-22)16-35-24-4-2-1-3-21(24)26(31)28-18-5-8-20(9-6-18)29-11-13-32-14-12-29/h1-10,15H,11-14,16-17H2,(H,27,30)(H,28,31). The van der Waals surface area contributed by atoms with Crippen LogP contribution in [0, 0.1) is 0 Å². The van der Waals surface area contributed by atoms with E-state index in [0.717, 1.165) is 36.9 Å². The highest BCUT2D eigenvalue weighted by Crippen LogP contribution is 2.34. The molecule has 2 heterocycles. The number of nitrogens with zero attached hydrogens (tertiary/aromatic N) is 1. The SMILES string of the molecule is O=C(CSc1ccccc1C(=O)Nc1ccc(N2CCOCC2)cc1)Nc1ccc2c(c1)OCO2. The predicted molar refractivity (Wildman–Crippen MR) is 136 cm³/mol. The monoisotopic (exact) mass is 491 g/mol. The summed E-state index contributed by atoms with van der Waals surface area (Å²) in [5, 5.41) is 5.81. The molecule has 8 nitrogen and oxygen atoms in total. The molecule has 0 atom stereocenters. The first-order valence-electron chi connectivity index (χ1n) is 11.3. The molecule has 1 fully saturated rings. The lowest BCUT2D eigenvalue weighted by Crippen LogP contribution is -2.36. The van der Waals surface area contributed by atoms with E-state index in [1.54, 1.807) is 24.3 Å². The van der Waals surface area contributed by atoms with Gasteiger partial charge in [-0.25, -0.2) is 0 Å². The topological polar surface area (TPSA) is 89.1 Å². The molecule has 0 aromatic heterocycles. The van der Waals surface area contributed by atoms with E-state index in [9.17, 15) is 9.59 Å². The van der Waals surface area contributed by atoms with Gasteiger partial charge in [-0.05, 0) is 48.5 Å². The second kappa shape index (κ2) is 10.7. The molecule has 2 aliphatic rings. The molecule has 9 heteroatoms. The third-order valence-corrected chi connectivity index (χ3v) is 6.72. The van der Waals surface area contributed by atoms with Gasteiger partial charge in [-0.15, -0.1) is 11.8 Å². The fourth-order valence-electron chi connectivity index (χ4n) is 3.87. The zero-order valence-electron chi connectivity index (χ0n) is 19.0. The smallest absolute Gasteiger partial charge is 0.256 e. The van der Waals surface area contributed by atoms with Crippen molar-refractivity contribution in [3.8, 4) is 11.5 Å². The molecule has 0 spiro atoms. The lowest BCUT2D eigenvalue weighted by atomic mass is 10.2. The zero-order chi connectivity index (χ0) is 24.0. The molecular formula is C26H25N3O5S. The van der Waals surface area contributed by atoms with Crippen molar-refractivity contribution >= 4 is 40.6 Å². The third kappa shape index (κ3) is 5.70. The summed E-state index contributed by atoms with van der Waals surface area (Å²) >= 11 is 1.31. The van der Waals surface area contributed by atoms with Crippen LogP contribution >= 0.6 is 11.8 Å². The third-order valence-electron chi connectivity index (χ3n) is 5.65. The minimum atomic E-state index is -0.219. The number of rotatable bonds is 7. The molecule has 3 aromatic rings. The number of fused-ring (bicyclic) bond motifs is 1. The Morgan fingerprint density at radius 2 is 1.60 bits per heavy atom. The maximum absolute atomic E-state index is 13.0. The van der Waals surface area contributed by atoms with Crippen LogP contribution in [0.25, 0.3) is 0 Å². The van der Waals surface area contributed by atoms with E-state index < -0.39 is 0 Å². The van der Waals surface area contributed by atoms with E-state index in [4.69, 9.17) is 14.2 Å². The van der Waals surface area contributed by atoms with Gasteiger partial charge >= 0.3 is 0 Å². The van der Waals surface area contributed by atoms with Crippen LogP contribution in [0.2, 0.25) is 0 Å². The highest BCUT2D eigenvalue weighted by molar-refractivity contribution is 8.00. The van der Waals surface area contributed by atoms with Crippen molar-refractivity contribution in [3.63, 3.8) is 0 Å². The van der Waals surface area contributed by atoms with Gasteiger partial charge in [0.05, 0.1) is 24.5 Å². The first-order chi connectivity index (χ1) is 17.2.